The molecule has 0 atom stereocenters. The predicted octanol–water partition coefficient (Wildman–Crippen LogP) is 0.853. The molecule has 0 aromatic carbocycles. The van der Waals surface area contributed by atoms with Crippen LogP contribution in [0.3, 0.4) is 0 Å². The lowest BCUT2D eigenvalue weighted by Gasteiger charge is -2.27. The lowest BCUT2D eigenvalue weighted by Crippen LogP contribution is -2.56. The zero-order chi connectivity index (χ0) is 9.26. The molecule has 0 radical (unpaired) electrons. The number of rotatable bonds is 3. The third kappa shape index (κ3) is 3.00. The van der Waals surface area contributed by atoms with Crippen molar-refractivity contribution in [1.82, 2.24) is 10.6 Å². The Labute approximate surface area is 90.7 Å². The van der Waals surface area contributed by atoms with Gasteiger partial charge in [-0.05, 0) is 25.7 Å². The van der Waals surface area contributed by atoms with Crippen LogP contribution in [0.4, 0.5) is 0 Å². The number of hydrogen-bond acceptors (Lipinski definition) is 2. The molecular formula is C10H17ClN2O. The quantitative estimate of drug-likeness (QED) is 0.687. The molecule has 2 aliphatic rings. The molecule has 1 saturated carbocycles. The molecule has 1 saturated heterocycles. The fraction of sp³-hybridized carbons (Fsp3) is 0.700. The van der Waals surface area contributed by atoms with Gasteiger partial charge in [0.1, 0.15) is 0 Å². The van der Waals surface area contributed by atoms with E-state index in [2.05, 4.69) is 17.6 Å². The van der Waals surface area contributed by atoms with Gasteiger partial charge >= 0.3 is 0 Å². The molecule has 3 nitrogen and oxygen atoms in total. The summed E-state index contributed by atoms with van der Waals surface area (Å²) >= 11 is 0. The molecule has 1 aliphatic carbocycles. The molecule has 4 heteroatoms. The second-order valence-corrected chi connectivity index (χ2v) is 4.03. The zero-order valence-corrected chi connectivity index (χ0v) is 9.19. The third-order valence-corrected chi connectivity index (χ3v) is 2.71. The first-order valence-electron chi connectivity index (χ1n) is 4.95. The Morgan fingerprint density at radius 2 is 2.07 bits per heavy atom. The lowest BCUT2D eigenvalue weighted by atomic mass is 10.1. The van der Waals surface area contributed by atoms with E-state index in [1.165, 1.54) is 18.4 Å². The van der Waals surface area contributed by atoms with Crippen LogP contribution in [-0.4, -0.2) is 25.0 Å². The van der Waals surface area contributed by atoms with Crippen molar-refractivity contribution in [2.45, 2.75) is 25.8 Å². The van der Waals surface area contributed by atoms with Gasteiger partial charge in [0.2, 0.25) is 5.91 Å². The van der Waals surface area contributed by atoms with Crippen LogP contribution in [0, 0.1) is 5.92 Å². The van der Waals surface area contributed by atoms with E-state index in [0.29, 0.717) is 12.0 Å². The summed E-state index contributed by atoms with van der Waals surface area (Å²) in [7, 11) is 0. The van der Waals surface area contributed by atoms with Gasteiger partial charge in [0.05, 0.1) is 6.04 Å². The van der Waals surface area contributed by atoms with Crippen molar-refractivity contribution in [3.05, 3.63) is 11.6 Å². The number of amides is 1. The zero-order valence-electron chi connectivity index (χ0n) is 8.38. The summed E-state index contributed by atoms with van der Waals surface area (Å²) < 4.78 is 0. The second-order valence-electron chi connectivity index (χ2n) is 4.03. The van der Waals surface area contributed by atoms with Gasteiger partial charge in [0, 0.05) is 19.2 Å². The first-order valence-corrected chi connectivity index (χ1v) is 4.95. The Bertz CT molecular complexity index is 245. The largest absolute Gasteiger partial charge is 0.347 e. The van der Waals surface area contributed by atoms with Crippen molar-refractivity contribution in [3.63, 3.8) is 0 Å². The molecule has 14 heavy (non-hydrogen) atoms. The summed E-state index contributed by atoms with van der Waals surface area (Å²) in [5.41, 5.74) is 1.24. The van der Waals surface area contributed by atoms with Crippen LogP contribution in [-0.2, 0) is 4.79 Å². The molecular weight excluding hydrogens is 200 g/mol. The van der Waals surface area contributed by atoms with Crippen LogP contribution in [0.2, 0.25) is 0 Å². The first-order chi connectivity index (χ1) is 6.25. The Morgan fingerprint density at radius 1 is 1.43 bits per heavy atom. The van der Waals surface area contributed by atoms with Gasteiger partial charge in [-0.3, -0.25) is 4.79 Å². The topological polar surface area (TPSA) is 41.1 Å². The van der Waals surface area contributed by atoms with Crippen molar-refractivity contribution in [2.24, 2.45) is 5.92 Å². The van der Waals surface area contributed by atoms with E-state index in [9.17, 15) is 4.79 Å². The molecule has 0 bridgehead atoms. The highest BCUT2D eigenvalue weighted by Crippen LogP contribution is 2.35. The van der Waals surface area contributed by atoms with Gasteiger partial charge in [0.25, 0.3) is 0 Å². The molecule has 1 heterocycles. The van der Waals surface area contributed by atoms with Crippen molar-refractivity contribution in [2.75, 3.05) is 13.1 Å². The van der Waals surface area contributed by atoms with E-state index < -0.39 is 0 Å². The number of halogens is 1. The highest BCUT2D eigenvalue weighted by molar-refractivity contribution is 5.88. The van der Waals surface area contributed by atoms with E-state index in [-0.39, 0.29) is 18.3 Å². The van der Waals surface area contributed by atoms with Crippen molar-refractivity contribution in [3.8, 4) is 0 Å². The number of carbonyl (C=O) groups is 1. The minimum Gasteiger partial charge on any atom is -0.347 e. The van der Waals surface area contributed by atoms with Gasteiger partial charge < -0.3 is 10.6 Å². The average Bonchev–Trinajstić information content (AvgIpc) is 2.78. The molecule has 0 spiro atoms. The minimum atomic E-state index is 0. The monoisotopic (exact) mass is 216 g/mol. The maximum atomic E-state index is 11.4. The normalized spacial score (nSPS) is 22.2. The number of hydrogen-bond donors (Lipinski definition) is 2. The van der Waals surface area contributed by atoms with Crippen LogP contribution in [0.15, 0.2) is 11.6 Å². The van der Waals surface area contributed by atoms with Gasteiger partial charge in [-0.1, -0.05) is 5.57 Å². The molecule has 1 aliphatic heterocycles. The summed E-state index contributed by atoms with van der Waals surface area (Å²) in [5.74, 6) is 0.779. The average molecular weight is 217 g/mol. The van der Waals surface area contributed by atoms with E-state index in [4.69, 9.17) is 0 Å². The Balaban J connectivity index is 0.000000980. The second kappa shape index (κ2) is 4.80. The van der Waals surface area contributed by atoms with Crippen LogP contribution in [0.5, 0.6) is 0 Å². The van der Waals surface area contributed by atoms with E-state index >= 15 is 0 Å². The first kappa shape index (κ1) is 11.5. The molecule has 1 amide bonds. The molecule has 0 aromatic heterocycles. The maximum Gasteiger partial charge on any atom is 0.244 e. The van der Waals surface area contributed by atoms with Crippen LogP contribution in [0.1, 0.15) is 19.8 Å². The molecule has 2 fully saturated rings. The van der Waals surface area contributed by atoms with Crippen LogP contribution >= 0.6 is 12.4 Å². The smallest absolute Gasteiger partial charge is 0.244 e. The molecule has 80 valence electrons. The van der Waals surface area contributed by atoms with Gasteiger partial charge in [-0.25, -0.2) is 0 Å². The fourth-order valence-corrected chi connectivity index (χ4v) is 1.50. The number of nitrogens with one attached hydrogen (secondary N) is 2. The molecule has 0 unspecified atom stereocenters. The third-order valence-electron chi connectivity index (χ3n) is 2.71. The van der Waals surface area contributed by atoms with E-state index in [1.54, 1.807) is 6.08 Å². The van der Waals surface area contributed by atoms with Gasteiger partial charge in [-0.2, -0.15) is 0 Å². The summed E-state index contributed by atoms with van der Waals surface area (Å²) in [6.07, 6.45) is 4.29. The summed E-state index contributed by atoms with van der Waals surface area (Å²) in [4.78, 5) is 11.4. The lowest BCUT2D eigenvalue weighted by molar-refractivity contribution is -0.117. The molecule has 0 aromatic rings. The number of carbonyl (C=O) groups excluding carboxylic acids is 1. The van der Waals surface area contributed by atoms with E-state index in [0.717, 1.165) is 13.1 Å². The predicted molar refractivity (Wildman–Crippen MR) is 58.5 cm³/mol. The van der Waals surface area contributed by atoms with Crippen LogP contribution in [0.25, 0.3) is 0 Å². The summed E-state index contributed by atoms with van der Waals surface area (Å²) in [5, 5.41) is 6.07. The van der Waals surface area contributed by atoms with Crippen molar-refractivity contribution >= 4 is 18.3 Å². The Kier molecular flexibility index (Phi) is 3.96. The Hall–Kier alpha value is -0.540. The standard InChI is InChI=1S/C10H16N2O.ClH/c1-7(8-2-3-8)4-10(13)12-9-5-11-6-9;/h4,8-9,11H,2-3,5-6H2,1H3,(H,12,13);1H/b7-4+;. The summed E-state index contributed by atoms with van der Waals surface area (Å²) in [6, 6.07) is 0.357. The maximum absolute atomic E-state index is 11.4. The molecule has 2 N–H and O–H groups in total. The SMILES string of the molecule is C/C(=C\C(=O)NC1CNC1)C1CC1.Cl. The van der Waals surface area contributed by atoms with E-state index in [1.807, 2.05) is 0 Å². The van der Waals surface area contributed by atoms with Gasteiger partial charge in [0.15, 0.2) is 0 Å². The highest BCUT2D eigenvalue weighted by Gasteiger charge is 2.24. The van der Waals surface area contributed by atoms with Crippen molar-refractivity contribution < 1.29 is 4.79 Å². The van der Waals surface area contributed by atoms with Crippen LogP contribution < -0.4 is 10.6 Å². The highest BCUT2D eigenvalue weighted by atomic mass is 35.5. The summed E-state index contributed by atoms with van der Waals surface area (Å²) in [6.45, 7) is 3.89. The minimum absolute atomic E-state index is 0. The Morgan fingerprint density at radius 3 is 2.50 bits per heavy atom. The number of allylic oxidation sites excluding steroid dienone is 1. The fourth-order valence-electron chi connectivity index (χ4n) is 1.50. The van der Waals surface area contributed by atoms with Gasteiger partial charge in [-0.15, -0.1) is 12.4 Å². The molecule has 2 rings (SSSR count). The van der Waals surface area contributed by atoms with Crippen molar-refractivity contribution in [1.29, 1.82) is 0 Å².